The van der Waals surface area contributed by atoms with E-state index < -0.39 is 6.10 Å². The van der Waals surface area contributed by atoms with E-state index in [1.54, 1.807) is 21.3 Å². The van der Waals surface area contributed by atoms with Crippen molar-refractivity contribution in [3.63, 3.8) is 0 Å². The fourth-order valence-corrected chi connectivity index (χ4v) is 2.44. The topological polar surface area (TPSA) is 60.8 Å². The normalized spacial score (nSPS) is 12.5. The lowest BCUT2D eigenvalue weighted by Gasteiger charge is -2.20. The van der Waals surface area contributed by atoms with Gasteiger partial charge in [-0.2, -0.15) is 0 Å². The second kappa shape index (κ2) is 6.83. The number of para-hydroxylation sites is 1. The number of aliphatic hydroxyl groups is 1. The molecule has 0 fully saturated rings. The Morgan fingerprint density at radius 2 is 1.82 bits per heavy atom. The molecule has 2 aromatic rings. The summed E-state index contributed by atoms with van der Waals surface area (Å²) in [6.45, 7) is 3.95. The van der Waals surface area contributed by atoms with Gasteiger partial charge in [0.1, 0.15) is 17.0 Å². The number of benzene rings is 1. The molecule has 0 amide bonds. The van der Waals surface area contributed by atoms with Gasteiger partial charge < -0.3 is 19.3 Å². The molecule has 5 heteroatoms. The Hall–Kier alpha value is -2.01. The third kappa shape index (κ3) is 2.95. The maximum atomic E-state index is 10.2. The number of hydrogen-bond acceptors (Lipinski definition) is 5. The number of fused-ring (bicyclic) bond motifs is 1. The molecule has 0 aliphatic carbocycles. The molecule has 1 aromatic heterocycles. The van der Waals surface area contributed by atoms with Crippen molar-refractivity contribution < 1.29 is 19.3 Å². The Balaban J connectivity index is 2.69. The first-order chi connectivity index (χ1) is 10.5. The molecule has 0 spiro atoms. The Morgan fingerprint density at radius 1 is 1.09 bits per heavy atom. The average Bonchev–Trinajstić information content (AvgIpc) is 2.53. The first-order valence-electron chi connectivity index (χ1n) is 7.29. The van der Waals surface area contributed by atoms with Gasteiger partial charge >= 0.3 is 0 Å². The Morgan fingerprint density at radius 3 is 2.36 bits per heavy atom. The quantitative estimate of drug-likeness (QED) is 0.889. The molecule has 2 rings (SSSR count). The predicted molar refractivity (Wildman–Crippen MR) is 85.9 cm³/mol. The third-order valence-corrected chi connectivity index (χ3v) is 3.79. The van der Waals surface area contributed by atoms with Crippen LogP contribution in [-0.4, -0.2) is 37.5 Å². The van der Waals surface area contributed by atoms with Crippen molar-refractivity contribution in [2.75, 3.05) is 21.3 Å². The van der Waals surface area contributed by atoms with Gasteiger partial charge in [0, 0.05) is 11.8 Å². The molecule has 1 aromatic carbocycles. The van der Waals surface area contributed by atoms with E-state index in [1.807, 2.05) is 32.0 Å². The lowest BCUT2D eigenvalue weighted by Crippen LogP contribution is -2.19. The minimum atomic E-state index is -0.493. The summed E-state index contributed by atoms with van der Waals surface area (Å²) in [6.07, 6.45) is -0.0721. The smallest absolute Gasteiger partial charge is 0.220 e. The number of ether oxygens (including phenoxy) is 3. The summed E-state index contributed by atoms with van der Waals surface area (Å²) >= 11 is 0. The number of aromatic nitrogens is 1. The molecule has 0 aliphatic rings. The summed E-state index contributed by atoms with van der Waals surface area (Å²) in [7, 11) is 4.78. The summed E-state index contributed by atoms with van der Waals surface area (Å²) in [5.41, 5.74) is 1.45. The summed E-state index contributed by atoms with van der Waals surface area (Å²) in [5.74, 6) is 1.91. The lowest BCUT2D eigenvalue weighted by molar-refractivity contribution is 0.124. The first kappa shape index (κ1) is 16.4. The molecule has 22 heavy (non-hydrogen) atoms. The van der Waals surface area contributed by atoms with E-state index in [-0.39, 0.29) is 5.92 Å². The summed E-state index contributed by atoms with van der Waals surface area (Å²) < 4.78 is 16.4. The second-order valence-electron chi connectivity index (χ2n) is 5.50. The van der Waals surface area contributed by atoms with Crippen molar-refractivity contribution in [2.45, 2.75) is 26.4 Å². The highest BCUT2D eigenvalue weighted by Crippen LogP contribution is 2.38. The van der Waals surface area contributed by atoms with Crippen molar-refractivity contribution >= 4 is 10.9 Å². The number of nitrogens with zero attached hydrogens (tertiary/aromatic N) is 1. The van der Waals surface area contributed by atoms with Crippen LogP contribution < -0.4 is 14.2 Å². The first-order valence-corrected chi connectivity index (χ1v) is 7.29. The Labute approximate surface area is 130 Å². The van der Waals surface area contributed by atoms with Gasteiger partial charge in [0.05, 0.1) is 33.0 Å². The summed E-state index contributed by atoms with van der Waals surface area (Å²) in [6, 6.07) is 5.66. The van der Waals surface area contributed by atoms with E-state index in [2.05, 4.69) is 4.98 Å². The van der Waals surface area contributed by atoms with Crippen LogP contribution >= 0.6 is 0 Å². The number of aliphatic hydroxyl groups excluding tert-OH is 1. The van der Waals surface area contributed by atoms with E-state index >= 15 is 0 Å². The Bertz CT molecular complexity index is 655. The van der Waals surface area contributed by atoms with Gasteiger partial charge in [-0.1, -0.05) is 19.9 Å². The monoisotopic (exact) mass is 305 g/mol. The molecule has 0 saturated heterocycles. The van der Waals surface area contributed by atoms with E-state index in [9.17, 15) is 5.11 Å². The number of pyridine rings is 1. The second-order valence-corrected chi connectivity index (χ2v) is 5.50. The average molecular weight is 305 g/mol. The van der Waals surface area contributed by atoms with Gasteiger partial charge in [-0.25, -0.2) is 4.98 Å². The highest BCUT2D eigenvalue weighted by Gasteiger charge is 2.22. The van der Waals surface area contributed by atoms with Crippen LogP contribution in [0.15, 0.2) is 18.2 Å². The molecule has 1 atom stereocenters. The molecule has 5 nitrogen and oxygen atoms in total. The lowest BCUT2D eigenvalue weighted by atomic mass is 9.98. The fourth-order valence-electron chi connectivity index (χ4n) is 2.44. The van der Waals surface area contributed by atoms with Gasteiger partial charge in [0.15, 0.2) is 0 Å². The highest BCUT2D eigenvalue weighted by atomic mass is 16.5. The predicted octanol–water partition coefficient (Wildman–Crippen LogP) is 2.82. The van der Waals surface area contributed by atoms with Crippen molar-refractivity contribution in [1.82, 2.24) is 4.98 Å². The van der Waals surface area contributed by atoms with Gasteiger partial charge in [-0.3, -0.25) is 0 Å². The standard InChI is InChI=1S/C17H23NO4/c1-10(2)13(19)9-12-16(21-4)11-7-6-8-14(20-3)15(11)18-17(12)22-5/h6-8,10,13,19H,9H2,1-5H3/t13-/m1/s1. The van der Waals surface area contributed by atoms with Crippen molar-refractivity contribution in [1.29, 1.82) is 0 Å². The molecule has 1 N–H and O–H groups in total. The van der Waals surface area contributed by atoms with Crippen LogP contribution in [0.25, 0.3) is 10.9 Å². The van der Waals surface area contributed by atoms with Crippen molar-refractivity contribution in [2.24, 2.45) is 5.92 Å². The van der Waals surface area contributed by atoms with Gasteiger partial charge in [-0.15, -0.1) is 0 Å². The summed E-state index contributed by atoms with van der Waals surface area (Å²) in [4.78, 5) is 4.55. The minimum Gasteiger partial charge on any atom is -0.496 e. The zero-order valence-corrected chi connectivity index (χ0v) is 13.7. The number of hydrogen-bond donors (Lipinski definition) is 1. The number of methoxy groups -OCH3 is 3. The molecule has 0 bridgehead atoms. The van der Waals surface area contributed by atoms with Gasteiger partial charge in [-0.05, 0) is 18.1 Å². The zero-order valence-electron chi connectivity index (χ0n) is 13.7. The van der Waals surface area contributed by atoms with Crippen molar-refractivity contribution in [3.05, 3.63) is 23.8 Å². The molecule has 120 valence electrons. The molecule has 0 saturated carbocycles. The highest BCUT2D eigenvalue weighted by molar-refractivity contribution is 5.91. The summed E-state index contributed by atoms with van der Waals surface area (Å²) in [5, 5.41) is 11.1. The van der Waals surface area contributed by atoms with Crippen molar-refractivity contribution in [3.8, 4) is 17.4 Å². The van der Waals surface area contributed by atoms with Crippen LogP contribution in [0.1, 0.15) is 19.4 Å². The molecule has 0 unspecified atom stereocenters. The number of rotatable bonds is 6. The maximum Gasteiger partial charge on any atom is 0.220 e. The molecule has 0 radical (unpaired) electrons. The molecular weight excluding hydrogens is 282 g/mol. The zero-order chi connectivity index (χ0) is 16.3. The third-order valence-electron chi connectivity index (χ3n) is 3.79. The van der Waals surface area contributed by atoms with Gasteiger partial charge in [0.2, 0.25) is 5.88 Å². The van der Waals surface area contributed by atoms with E-state index in [0.717, 1.165) is 10.9 Å². The largest absolute Gasteiger partial charge is 0.496 e. The molecule has 1 heterocycles. The van der Waals surface area contributed by atoms with Crippen LogP contribution in [0.5, 0.6) is 17.4 Å². The fraction of sp³-hybridized carbons (Fsp3) is 0.471. The van der Waals surface area contributed by atoms with E-state index in [1.165, 1.54) is 0 Å². The SMILES string of the molecule is COc1nc2c(OC)cccc2c(OC)c1C[C@@H](O)C(C)C. The molecular formula is C17H23NO4. The van der Waals surface area contributed by atoms with Crippen LogP contribution in [0.3, 0.4) is 0 Å². The van der Waals surface area contributed by atoms with E-state index in [0.29, 0.717) is 29.3 Å². The van der Waals surface area contributed by atoms with Crippen LogP contribution in [-0.2, 0) is 6.42 Å². The van der Waals surface area contributed by atoms with Crippen LogP contribution in [0.2, 0.25) is 0 Å². The Kier molecular flexibility index (Phi) is 5.08. The van der Waals surface area contributed by atoms with Gasteiger partial charge in [0.25, 0.3) is 0 Å². The van der Waals surface area contributed by atoms with E-state index in [4.69, 9.17) is 14.2 Å². The maximum absolute atomic E-state index is 10.2. The van der Waals surface area contributed by atoms with Crippen LogP contribution in [0.4, 0.5) is 0 Å². The minimum absolute atomic E-state index is 0.135. The van der Waals surface area contributed by atoms with Crippen LogP contribution in [0, 0.1) is 5.92 Å². The molecule has 0 aliphatic heterocycles.